The average Bonchev–Trinajstić information content (AvgIpc) is 3.15. The van der Waals surface area contributed by atoms with Crippen molar-refractivity contribution >= 4 is 16.8 Å². The number of nitrogens with zero attached hydrogens (tertiary/aromatic N) is 1. The van der Waals surface area contributed by atoms with Gasteiger partial charge in [-0.15, -0.1) is 0 Å². The Labute approximate surface area is 170 Å². The van der Waals surface area contributed by atoms with Crippen molar-refractivity contribution in [2.45, 2.75) is 52.6 Å². The van der Waals surface area contributed by atoms with E-state index in [9.17, 15) is 14.0 Å². The fraction of sp³-hybridized carbons (Fsp3) is 0.565. The molecular formula is C23H29FN2O3. The van der Waals surface area contributed by atoms with Gasteiger partial charge in [-0.2, -0.15) is 0 Å². The molecule has 2 saturated carbocycles. The van der Waals surface area contributed by atoms with Crippen LogP contribution in [-0.2, 0) is 11.3 Å². The summed E-state index contributed by atoms with van der Waals surface area (Å²) < 4.78 is 20.7. The number of rotatable bonds is 5. The van der Waals surface area contributed by atoms with Crippen LogP contribution in [0.3, 0.4) is 0 Å². The van der Waals surface area contributed by atoms with Crippen LogP contribution in [0.4, 0.5) is 4.39 Å². The molecule has 1 heterocycles. The van der Waals surface area contributed by atoms with Gasteiger partial charge in [-0.25, -0.2) is 4.39 Å². The fourth-order valence-electron chi connectivity index (χ4n) is 5.77. The summed E-state index contributed by atoms with van der Waals surface area (Å²) in [7, 11) is 1.58. The molecule has 0 radical (unpaired) electrons. The first-order valence-electron chi connectivity index (χ1n) is 10.3. The molecule has 156 valence electrons. The maximum absolute atomic E-state index is 13.8. The molecule has 1 amide bonds. The smallest absolute Gasteiger partial charge is 0.257 e. The molecule has 1 aromatic heterocycles. The van der Waals surface area contributed by atoms with E-state index in [4.69, 9.17) is 4.74 Å². The van der Waals surface area contributed by atoms with E-state index in [0.717, 1.165) is 12.8 Å². The fourth-order valence-corrected chi connectivity index (χ4v) is 5.77. The highest BCUT2D eigenvalue weighted by molar-refractivity contribution is 5.97. The van der Waals surface area contributed by atoms with Gasteiger partial charge in [-0.1, -0.05) is 20.8 Å². The van der Waals surface area contributed by atoms with E-state index in [1.165, 1.54) is 24.6 Å². The lowest BCUT2D eigenvalue weighted by Crippen LogP contribution is -2.53. The van der Waals surface area contributed by atoms with Gasteiger partial charge in [0.05, 0.1) is 12.1 Å². The Morgan fingerprint density at radius 2 is 2.10 bits per heavy atom. The number of fused-ring (bicyclic) bond motifs is 3. The van der Waals surface area contributed by atoms with Gasteiger partial charge in [-0.3, -0.25) is 9.59 Å². The molecule has 2 fully saturated rings. The minimum Gasteiger partial charge on any atom is -0.383 e. The van der Waals surface area contributed by atoms with E-state index < -0.39 is 5.82 Å². The molecule has 5 nitrogen and oxygen atoms in total. The van der Waals surface area contributed by atoms with Crippen molar-refractivity contribution in [3.05, 3.63) is 46.0 Å². The highest BCUT2D eigenvalue weighted by atomic mass is 19.1. The number of carbonyl (C=O) groups excluding carboxylic acids is 1. The molecule has 29 heavy (non-hydrogen) atoms. The number of carbonyl (C=O) groups is 1. The molecule has 3 atom stereocenters. The monoisotopic (exact) mass is 400 g/mol. The van der Waals surface area contributed by atoms with Crippen LogP contribution in [0.1, 0.15) is 50.4 Å². The van der Waals surface area contributed by atoms with Crippen molar-refractivity contribution in [1.29, 1.82) is 0 Å². The number of methoxy groups -OCH3 is 1. The second-order valence-corrected chi connectivity index (χ2v) is 9.54. The Hall–Kier alpha value is -2.21. The number of hydrogen-bond donors (Lipinski definition) is 1. The molecule has 1 N–H and O–H groups in total. The highest BCUT2D eigenvalue weighted by Crippen LogP contribution is 2.62. The molecule has 2 aliphatic rings. The molecule has 2 aliphatic carbocycles. The summed E-state index contributed by atoms with van der Waals surface area (Å²) in [5.41, 5.74) is 0.270. The summed E-state index contributed by atoms with van der Waals surface area (Å²) in [4.78, 5) is 26.3. The molecule has 0 saturated heterocycles. The van der Waals surface area contributed by atoms with Crippen LogP contribution < -0.4 is 10.7 Å². The molecular weight excluding hydrogens is 371 g/mol. The number of halogens is 1. The first-order chi connectivity index (χ1) is 13.7. The van der Waals surface area contributed by atoms with Crippen molar-refractivity contribution in [1.82, 2.24) is 9.88 Å². The normalized spacial score (nSPS) is 27.5. The molecule has 2 bridgehead atoms. The third-order valence-electron chi connectivity index (χ3n) is 7.37. The SMILES string of the molecule is COCCn1cc(C(=O)N[C@@H]2C(C)(C)C3CC[C@]2(C)C3)c(=O)c2ccc(F)cc21. The predicted octanol–water partition coefficient (Wildman–Crippen LogP) is 3.73. The Balaban J connectivity index is 1.73. The van der Waals surface area contributed by atoms with E-state index in [0.29, 0.717) is 30.0 Å². The average molecular weight is 400 g/mol. The van der Waals surface area contributed by atoms with Crippen LogP contribution >= 0.6 is 0 Å². The van der Waals surface area contributed by atoms with E-state index >= 15 is 0 Å². The molecule has 2 aromatic rings. The maximum atomic E-state index is 13.8. The largest absolute Gasteiger partial charge is 0.383 e. The number of nitrogens with one attached hydrogen (secondary N) is 1. The van der Waals surface area contributed by atoms with Crippen LogP contribution in [0.5, 0.6) is 0 Å². The van der Waals surface area contributed by atoms with E-state index in [2.05, 4.69) is 26.1 Å². The summed E-state index contributed by atoms with van der Waals surface area (Å²) in [5, 5.41) is 3.54. The zero-order chi connectivity index (χ0) is 21.0. The van der Waals surface area contributed by atoms with Crippen molar-refractivity contribution in [3.8, 4) is 0 Å². The van der Waals surface area contributed by atoms with Gasteiger partial charge < -0.3 is 14.6 Å². The van der Waals surface area contributed by atoms with Crippen LogP contribution in [0, 0.1) is 22.6 Å². The van der Waals surface area contributed by atoms with E-state index in [1.54, 1.807) is 17.9 Å². The summed E-state index contributed by atoms with van der Waals surface area (Å²) in [6, 6.07) is 4.06. The lowest BCUT2D eigenvalue weighted by atomic mass is 9.68. The van der Waals surface area contributed by atoms with E-state index in [1.807, 2.05) is 0 Å². The van der Waals surface area contributed by atoms with Crippen LogP contribution in [-0.4, -0.2) is 30.2 Å². The Morgan fingerprint density at radius 3 is 2.76 bits per heavy atom. The van der Waals surface area contributed by atoms with Gasteiger partial charge in [0, 0.05) is 31.3 Å². The number of aromatic nitrogens is 1. The first kappa shape index (κ1) is 20.1. The lowest BCUT2D eigenvalue weighted by molar-refractivity contribution is 0.0736. The number of hydrogen-bond acceptors (Lipinski definition) is 3. The molecule has 4 rings (SSSR count). The number of amides is 1. The van der Waals surface area contributed by atoms with Crippen LogP contribution in [0.15, 0.2) is 29.2 Å². The van der Waals surface area contributed by atoms with Crippen molar-refractivity contribution < 1.29 is 13.9 Å². The summed E-state index contributed by atoms with van der Waals surface area (Å²) >= 11 is 0. The lowest BCUT2D eigenvalue weighted by Gasteiger charge is -2.43. The molecule has 1 aromatic carbocycles. The van der Waals surface area contributed by atoms with Gasteiger partial charge in [-0.05, 0) is 54.2 Å². The second-order valence-electron chi connectivity index (χ2n) is 9.54. The van der Waals surface area contributed by atoms with Gasteiger partial charge in [0.1, 0.15) is 11.4 Å². The minimum absolute atomic E-state index is 0.00227. The molecule has 0 spiro atoms. The third kappa shape index (κ3) is 3.18. The van der Waals surface area contributed by atoms with Crippen molar-refractivity contribution in [3.63, 3.8) is 0 Å². The zero-order valence-electron chi connectivity index (χ0n) is 17.5. The van der Waals surface area contributed by atoms with Crippen molar-refractivity contribution in [2.75, 3.05) is 13.7 Å². The number of ether oxygens (including phenoxy) is 1. The second kappa shape index (κ2) is 6.94. The zero-order valence-corrected chi connectivity index (χ0v) is 17.5. The summed E-state index contributed by atoms with van der Waals surface area (Å²) in [6.45, 7) is 7.49. The molecule has 6 heteroatoms. The summed E-state index contributed by atoms with van der Waals surface area (Å²) in [6.07, 6.45) is 4.95. The number of pyridine rings is 1. The predicted molar refractivity (Wildman–Crippen MR) is 111 cm³/mol. The Bertz CT molecular complexity index is 1020. The van der Waals surface area contributed by atoms with Crippen molar-refractivity contribution in [2.24, 2.45) is 16.7 Å². The molecule has 0 aliphatic heterocycles. The maximum Gasteiger partial charge on any atom is 0.257 e. The molecule has 1 unspecified atom stereocenters. The highest BCUT2D eigenvalue weighted by Gasteiger charge is 2.59. The first-order valence-corrected chi connectivity index (χ1v) is 10.3. The Kier molecular flexibility index (Phi) is 4.80. The standard InChI is InChI=1S/C23H29FN2O3/c1-22(2)14-7-8-23(3,12-14)21(22)25-20(28)17-13-26(9-10-29-4)18-11-15(24)5-6-16(18)19(17)27/h5-6,11,13-14,21H,7-10,12H2,1-4H3,(H,25,28)/t14?,21-,23-/m1/s1. The summed E-state index contributed by atoms with van der Waals surface area (Å²) in [5.74, 6) is -0.174. The topological polar surface area (TPSA) is 60.3 Å². The number of benzene rings is 1. The minimum atomic E-state index is -0.420. The van der Waals surface area contributed by atoms with Crippen LogP contribution in [0.25, 0.3) is 10.9 Å². The quantitative estimate of drug-likeness (QED) is 0.832. The van der Waals surface area contributed by atoms with Crippen LogP contribution in [0.2, 0.25) is 0 Å². The third-order valence-corrected chi connectivity index (χ3v) is 7.37. The van der Waals surface area contributed by atoms with E-state index in [-0.39, 0.29) is 33.8 Å². The van der Waals surface area contributed by atoms with Gasteiger partial charge in [0.2, 0.25) is 5.43 Å². The van der Waals surface area contributed by atoms with Gasteiger partial charge in [0.25, 0.3) is 5.91 Å². The van der Waals surface area contributed by atoms with Gasteiger partial charge >= 0.3 is 0 Å². The Morgan fingerprint density at radius 1 is 1.34 bits per heavy atom. The van der Waals surface area contributed by atoms with Gasteiger partial charge in [0.15, 0.2) is 0 Å².